The zero-order chi connectivity index (χ0) is 39.5. The summed E-state index contributed by atoms with van der Waals surface area (Å²) in [6.07, 6.45) is 6.52. The van der Waals surface area contributed by atoms with Crippen molar-refractivity contribution in [3.05, 3.63) is 96.1 Å². The molecule has 294 valence electrons. The molecule has 2 atom stereocenters. The molecule has 3 fully saturated rings. The van der Waals surface area contributed by atoms with E-state index in [9.17, 15) is 15.0 Å². The summed E-state index contributed by atoms with van der Waals surface area (Å²) in [6, 6.07) is 27.0. The fraction of sp³-hybridized carbons (Fsp3) is 0.370. The first kappa shape index (κ1) is 38.1. The molecule has 2 aromatic heterocycles. The average Bonchev–Trinajstić information content (AvgIpc) is 4.09. The monoisotopic (exact) mass is 764 g/mol. The summed E-state index contributed by atoms with van der Waals surface area (Å²) in [6.45, 7) is 9.20. The van der Waals surface area contributed by atoms with Crippen LogP contribution in [0.2, 0.25) is 0 Å². The zero-order valence-electron chi connectivity index (χ0n) is 32.9. The Kier molecular flexibility index (Phi) is 11.2. The van der Waals surface area contributed by atoms with E-state index in [1.54, 1.807) is 24.3 Å². The van der Waals surface area contributed by atoms with E-state index >= 15 is 0 Å². The summed E-state index contributed by atoms with van der Waals surface area (Å²) in [5.41, 5.74) is 11.3. The highest BCUT2D eigenvalue weighted by Crippen LogP contribution is 2.36. The van der Waals surface area contributed by atoms with Crippen LogP contribution in [0.25, 0.3) is 44.6 Å². The molecule has 0 unspecified atom stereocenters. The van der Waals surface area contributed by atoms with Gasteiger partial charge in [0.25, 0.3) is 0 Å². The molecule has 0 radical (unpaired) electrons. The number of aryl methyl sites for hydroxylation is 2. The number of amides is 1. The Morgan fingerprint density at radius 2 is 1.18 bits per heavy atom. The topological polar surface area (TPSA) is 154 Å². The van der Waals surface area contributed by atoms with Crippen molar-refractivity contribution in [3.63, 3.8) is 0 Å². The maximum Gasteiger partial charge on any atom is 0.223 e. The van der Waals surface area contributed by atoms with E-state index in [0.29, 0.717) is 41.2 Å². The average molecular weight is 765 g/mol. The van der Waals surface area contributed by atoms with Gasteiger partial charge in [-0.1, -0.05) is 36.4 Å². The SMILES string of the molecule is Cc1ccc2c(N3CCC[C@@H](CN)C3)nc(-c3ccccc3O)nc2c1.Cc1ccc2c(N3CCC[C@@H](CNC(=O)C4CC4)C3)nc(-c3ccccc3O)nc2c1. The molecule has 9 rings (SSSR count). The summed E-state index contributed by atoms with van der Waals surface area (Å²) >= 11 is 0. The number of benzene rings is 4. The van der Waals surface area contributed by atoms with Gasteiger partial charge in [-0.05, 0) is 130 Å². The molecule has 57 heavy (non-hydrogen) atoms. The second-order valence-corrected chi connectivity index (χ2v) is 16.0. The molecule has 11 heteroatoms. The third-order valence-electron chi connectivity index (χ3n) is 11.4. The predicted molar refractivity (Wildman–Crippen MR) is 227 cm³/mol. The summed E-state index contributed by atoms with van der Waals surface area (Å²) in [7, 11) is 0. The van der Waals surface area contributed by atoms with Crippen LogP contribution < -0.4 is 20.9 Å². The van der Waals surface area contributed by atoms with E-state index in [2.05, 4.69) is 65.4 Å². The van der Waals surface area contributed by atoms with Crippen molar-refractivity contribution in [1.29, 1.82) is 0 Å². The standard InChI is InChI=1S/C25H28N4O2.C21H24N4O/c1-16-8-11-19-21(13-16)27-23(20-6-2-3-7-22(20)30)28-24(19)29-12-4-5-17(15-29)14-26-25(31)18-9-10-18;1-14-8-9-16-18(11-14)23-20(17-6-2-3-7-19(17)26)24-21(16)25-10-4-5-15(12-22)13-25/h2-3,6-8,11,13,17-18,30H,4-5,9-10,12,14-15H2,1H3,(H,26,31);2-3,6-9,11,15,26H,4-5,10,12-13,22H2,1H3/t17-;15-/m00/s1. The lowest BCUT2D eigenvalue weighted by atomic mass is 9.97. The van der Waals surface area contributed by atoms with Crippen molar-refractivity contribution in [3.8, 4) is 34.3 Å². The number of rotatable bonds is 8. The van der Waals surface area contributed by atoms with Crippen molar-refractivity contribution in [1.82, 2.24) is 25.3 Å². The van der Waals surface area contributed by atoms with E-state index in [0.717, 1.165) is 109 Å². The zero-order valence-corrected chi connectivity index (χ0v) is 32.9. The molecular formula is C46H52N8O3. The van der Waals surface area contributed by atoms with E-state index in [1.807, 2.05) is 24.3 Å². The van der Waals surface area contributed by atoms with Gasteiger partial charge in [0.1, 0.15) is 23.1 Å². The Labute approximate surface area is 334 Å². The summed E-state index contributed by atoms with van der Waals surface area (Å²) < 4.78 is 0. The number of phenolic OH excluding ortho intramolecular Hbond substituents is 2. The van der Waals surface area contributed by atoms with Gasteiger partial charge in [-0.15, -0.1) is 0 Å². The molecule has 1 amide bonds. The highest BCUT2D eigenvalue weighted by atomic mass is 16.3. The molecule has 2 saturated heterocycles. The molecule has 1 saturated carbocycles. The van der Waals surface area contributed by atoms with Gasteiger partial charge in [-0.3, -0.25) is 4.79 Å². The van der Waals surface area contributed by atoms with E-state index in [1.165, 1.54) is 6.42 Å². The van der Waals surface area contributed by atoms with Crippen molar-refractivity contribution in [2.45, 2.75) is 52.4 Å². The number of nitrogens with one attached hydrogen (secondary N) is 1. The molecule has 0 bridgehead atoms. The molecule has 4 heterocycles. The fourth-order valence-corrected chi connectivity index (χ4v) is 8.10. The normalized spacial score (nSPS) is 18.3. The lowest BCUT2D eigenvalue weighted by molar-refractivity contribution is -0.122. The first-order chi connectivity index (χ1) is 27.7. The maximum atomic E-state index is 12.1. The number of hydrogen-bond donors (Lipinski definition) is 4. The van der Waals surface area contributed by atoms with Crippen molar-refractivity contribution >= 4 is 39.3 Å². The quantitative estimate of drug-likeness (QED) is 0.122. The van der Waals surface area contributed by atoms with Gasteiger partial charge >= 0.3 is 0 Å². The molecular weight excluding hydrogens is 713 g/mol. The van der Waals surface area contributed by atoms with Crippen LogP contribution >= 0.6 is 0 Å². The van der Waals surface area contributed by atoms with Crippen LogP contribution in [0.4, 0.5) is 11.6 Å². The van der Waals surface area contributed by atoms with Crippen molar-refractivity contribution < 1.29 is 15.0 Å². The smallest absolute Gasteiger partial charge is 0.223 e. The molecule has 0 spiro atoms. The van der Waals surface area contributed by atoms with Crippen LogP contribution in [0.15, 0.2) is 84.9 Å². The van der Waals surface area contributed by atoms with Crippen LogP contribution in [0, 0.1) is 31.6 Å². The molecule has 5 N–H and O–H groups in total. The van der Waals surface area contributed by atoms with Crippen LogP contribution in [0.3, 0.4) is 0 Å². The molecule has 11 nitrogen and oxygen atoms in total. The van der Waals surface area contributed by atoms with Gasteiger partial charge in [-0.25, -0.2) is 19.9 Å². The number of hydrogen-bond acceptors (Lipinski definition) is 10. The molecule has 6 aromatic rings. The first-order valence-electron chi connectivity index (χ1n) is 20.3. The fourth-order valence-electron chi connectivity index (χ4n) is 8.10. The minimum absolute atomic E-state index is 0.180. The summed E-state index contributed by atoms with van der Waals surface area (Å²) in [5.74, 6) is 4.67. The number of carbonyl (C=O) groups is 1. The van der Waals surface area contributed by atoms with Gasteiger partial charge in [0, 0.05) is 49.4 Å². The van der Waals surface area contributed by atoms with Gasteiger partial charge in [0.05, 0.1) is 22.2 Å². The highest BCUT2D eigenvalue weighted by Gasteiger charge is 2.31. The molecule has 3 aliphatic rings. The van der Waals surface area contributed by atoms with Crippen LogP contribution in [0.1, 0.15) is 49.7 Å². The minimum atomic E-state index is 0.180. The lowest BCUT2D eigenvalue weighted by Crippen LogP contribution is -2.41. The van der Waals surface area contributed by atoms with Crippen LogP contribution in [-0.2, 0) is 4.79 Å². The number of aromatic hydroxyl groups is 2. The second kappa shape index (κ2) is 16.7. The van der Waals surface area contributed by atoms with Gasteiger partial charge in [0.2, 0.25) is 5.91 Å². The molecule has 4 aromatic carbocycles. The summed E-state index contributed by atoms with van der Waals surface area (Å²) in [4.78, 5) is 36.0. The minimum Gasteiger partial charge on any atom is -0.507 e. The third-order valence-corrected chi connectivity index (χ3v) is 11.4. The first-order valence-corrected chi connectivity index (χ1v) is 20.3. The Morgan fingerprint density at radius 1 is 0.684 bits per heavy atom. The van der Waals surface area contributed by atoms with E-state index in [-0.39, 0.29) is 23.3 Å². The number of fused-ring (bicyclic) bond motifs is 2. The lowest BCUT2D eigenvalue weighted by Gasteiger charge is -2.34. The number of nitrogens with two attached hydrogens (primary N) is 1. The number of para-hydroxylation sites is 2. The van der Waals surface area contributed by atoms with Crippen molar-refractivity contribution in [2.75, 3.05) is 49.1 Å². The van der Waals surface area contributed by atoms with Gasteiger partial charge in [0.15, 0.2) is 11.6 Å². The van der Waals surface area contributed by atoms with Gasteiger partial charge in [-0.2, -0.15) is 0 Å². The van der Waals surface area contributed by atoms with Crippen LogP contribution in [-0.4, -0.2) is 75.3 Å². The van der Waals surface area contributed by atoms with E-state index < -0.39 is 0 Å². The Balaban J connectivity index is 0.000000162. The Bertz CT molecular complexity index is 2400. The number of carbonyl (C=O) groups excluding carboxylic acids is 1. The molecule has 2 aliphatic heterocycles. The number of phenols is 2. The number of piperidine rings is 2. The Hall–Kier alpha value is -5.81. The third kappa shape index (κ3) is 8.63. The van der Waals surface area contributed by atoms with Gasteiger partial charge < -0.3 is 31.1 Å². The number of nitrogens with zero attached hydrogens (tertiary/aromatic N) is 6. The Morgan fingerprint density at radius 3 is 1.67 bits per heavy atom. The number of anilines is 2. The van der Waals surface area contributed by atoms with Crippen molar-refractivity contribution in [2.24, 2.45) is 23.5 Å². The maximum absolute atomic E-state index is 12.1. The largest absolute Gasteiger partial charge is 0.507 e. The van der Waals surface area contributed by atoms with E-state index in [4.69, 9.17) is 25.7 Å². The highest BCUT2D eigenvalue weighted by molar-refractivity contribution is 5.93. The summed E-state index contributed by atoms with van der Waals surface area (Å²) in [5, 5.41) is 25.8. The predicted octanol–water partition coefficient (Wildman–Crippen LogP) is 7.54. The molecule has 1 aliphatic carbocycles. The second-order valence-electron chi connectivity index (χ2n) is 16.0. The van der Waals surface area contributed by atoms with Crippen LogP contribution in [0.5, 0.6) is 11.5 Å². The number of aromatic nitrogens is 4.